The minimum absolute atomic E-state index is 0.0753. The van der Waals surface area contributed by atoms with Crippen LogP contribution in [0.5, 0.6) is 0 Å². The third kappa shape index (κ3) is 33.7. The topological polar surface area (TPSA) is 104 Å². The second kappa shape index (κ2) is 33.5. The first-order valence-electron chi connectivity index (χ1n) is 21.5. The molecule has 0 saturated carbocycles. The summed E-state index contributed by atoms with van der Waals surface area (Å²) in [5.41, 5.74) is 0. The lowest BCUT2D eigenvalue weighted by Gasteiger charge is -2.24. The Morgan fingerprint density at radius 3 is 1.80 bits per heavy atom. The van der Waals surface area contributed by atoms with Crippen molar-refractivity contribution in [2.24, 2.45) is 0 Å². The SMILES string of the molecule is CC/C=C\CC1OC1C/C=C\C/C=C\C/C=C\CCCC(=O)OC(COCCCCCCCCCCCCCCCC)COP(=O)(O)OCC[N+](C)(C)C. The van der Waals surface area contributed by atoms with Gasteiger partial charge in [-0.3, -0.25) is 13.8 Å². The third-order valence-corrected chi connectivity index (χ3v) is 10.3. The Balaban J connectivity index is 2.27. The van der Waals surface area contributed by atoms with Crippen LogP contribution in [0.3, 0.4) is 0 Å². The normalized spacial score (nSPS) is 18.0. The molecular weight excluding hydrogens is 701 g/mol. The second-order valence-corrected chi connectivity index (χ2v) is 17.2. The van der Waals surface area contributed by atoms with Gasteiger partial charge in [0.2, 0.25) is 0 Å². The summed E-state index contributed by atoms with van der Waals surface area (Å²) in [5.74, 6) is -0.372. The van der Waals surface area contributed by atoms with Crippen molar-refractivity contribution < 1.29 is 42.0 Å². The Labute approximate surface area is 331 Å². The number of hydrogen-bond donors (Lipinski definition) is 1. The van der Waals surface area contributed by atoms with E-state index in [0.29, 0.717) is 36.3 Å². The first-order valence-corrected chi connectivity index (χ1v) is 23.0. The van der Waals surface area contributed by atoms with Crippen molar-refractivity contribution in [1.29, 1.82) is 0 Å². The summed E-state index contributed by atoms with van der Waals surface area (Å²) in [6.07, 6.45) is 41.9. The van der Waals surface area contributed by atoms with Crippen molar-refractivity contribution in [2.75, 3.05) is 54.1 Å². The lowest BCUT2D eigenvalue weighted by atomic mass is 10.0. The van der Waals surface area contributed by atoms with E-state index < -0.39 is 13.9 Å². The molecule has 0 aromatic heterocycles. The number of phosphoric acid groups is 1. The molecule has 1 heterocycles. The van der Waals surface area contributed by atoms with Gasteiger partial charge in [-0.15, -0.1) is 0 Å². The van der Waals surface area contributed by atoms with E-state index in [1.165, 1.54) is 77.0 Å². The van der Waals surface area contributed by atoms with Crippen LogP contribution in [-0.4, -0.2) is 87.8 Å². The molecule has 0 spiro atoms. The number of epoxide rings is 1. The number of carbonyl (C=O) groups is 1. The van der Waals surface area contributed by atoms with E-state index in [4.69, 9.17) is 23.3 Å². The van der Waals surface area contributed by atoms with E-state index in [-0.39, 0.29) is 32.2 Å². The van der Waals surface area contributed by atoms with Crippen molar-refractivity contribution in [1.82, 2.24) is 0 Å². The summed E-state index contributed by atoms with van der Waals surface area (Å²) >= 11 is 0. The predicted molar refractivity (Wildman–Crippen MR) is 223 cm³/mol. The molecule has 1 aliphatic heterocycles. The Hall–Kier alpha value is -1.58. The number of likely N-dealkylation sites (N-methyl/N-ethyl adjacent to an activating group) is 1. The molecular formula is C44H81NO8P+. The Bertz CT molecular complexity index is 1070. The molecule has 314 valence electrons. The summed E-state index contributed by atoms with van der Waals surface area (Å²) in [6.45, 7) is 5.42. The van der Waals surface area contributed by atoms with Crippen LogP contribution in [0.1, 0.15) is 155 Å². The zero-order chi connectivity index (χ0) is 39.6. The predicted octanol–water partition coefficient (Wildman–Crippen LogP) is 11.4. The Morgan fingerprint density at radius 2 is 1.22 bits per heavy atom. The van der Waals surface area contributed by atoms with E-state index in [0.717, 1.165) is 51.4 Å². The molecule has 0 bridgehead atoms. The van der Waals surface area contributed by atoms with E-state index in [1.54, 1.807) is 0 Å². The number of rotatable bonds is 38. The number of ether oxygens (including phenoxy) is 3. The quantitative estimate of drug-likeness (QED) is 0.0165. The number of allylic oxidation sites excluding steroid dienone is 6. The van der Waals surface area contributed by atoms with Crippen molar-refractivity contribution in [2.45, 2.75) is 173 Å². The van der Waals surface area contributed by atoms with E-state index in [9.17, 15) is 14.3 Å². The fourth-order valence-corrected chi connectivity index (χ4v) is 6.61. The zero-order valence-electron chi connectivity index (χ0n) is 35.1. The standard InChI is InChI=1S/C44H80NO8P/c1-6-8-10-11-12-13-14-15-16-19-22-25-28-32-37-49-39-41(40-51-54(47,48)50-38-36-45(3,4)5)52-44(46)35-31-27-24-21-18-17-20-23-26-30-34-43-42(53-43)33-29-9-7-2/h9,17,20-21,24,26,29-30,41-43H,6-8,10-16,18-19,22-23,25,27-28,31-40H2,1-5H3/p+1/b20-17-,24-21-,29-9-,30-26-. The second-order valence-electron chi connectivity index (χ2n) is 15.7. The fourth-order valence-electron chi connectivity index (χ4n) is 5.86. The van der Waals surface area contributed by atoms with Gasteiger partial charge >= 0.3 is 13.8 Å². The maximum atomic E-state index is 12.7. The summed E-state index contributed by atoms with van der Waals surface area (Å²) < 4.78 is 40.6. The van der Waals surface area contributed by atoms with Crippen LogP contribution >= 0.6 is 7.82 Å². The number of hydrogen-bond acceptors (Lipinski definition) is 7. The molecule has 4 atom stereocenters. The highest BCUT2D eigenvalue weighted by molar-refractivity contribution is 7.47. The van der Waals surface area contributed by atoms with Crippen LogP contribution < -0.4 is 0 Å². The van der Waals surface area contributed by atoms with Crippen LogP contribution in [0.2, 0.25) is 0 Å². The van der Waals surface area contributed by atoms with Gasteiger partial charge in [0.1, 0.15) is 19.3 Å². The van der Waals surface area contributed by atoms with Gasteiger partial charge in [-0.25, -0.2) is 4.57 Å². The number of esters is 1. The van der Waals surface area contributed by atoms with Crippen molar-refractivity contribution in [3.8, 4) is 0 Å². The van der Waals surface area contributed by atoms with Gasteiger partial charge < -0.3 is 23.6 Å². The Kier molecular flexibility index (Phi) is 31.3. The number of phosphoric ester groups is 1. The Morgan fingerprint density at radius 1 is 0.685 bits per heavy atom. The summed E-state index contributed by atoms with van der Waals surface area (Å²) in [6, 6.07) is 0. The largest absolute Gasteiger partial charge is 0.472 e. The van der Waals surface area contributed by atoms with Crippen molar-refractivity contribution in [3.63, 3.8) is 0 Å². The van der Waals surface area contributed by atoms with Crippen LogP contribution in [0, 0.1) is 0 Å². The summed E-state index contributed by atoms with van der Waals surface area (Å²) in [7, 11) is 1.62. The van der Waals surface area contributed by atoms with Gasteiger partial charge in [-0.1, -0.05) is 146 Å². The minimum atomic E-state index is -4.29. The molecule has 0 aromatic rings. The van der Waals surface area contributed by atoms with Crippen LogP contribution in [0.4, 0.5) is 0 Å². The molecule has 1 N–H and O–H groups in total. The molecule has 4 unspecified atom stereocenters. The lowest BCUT2D eigenvalue weighted by molar-refractivity contribution is -0.870. The average molecular weight is 783 g/mol. The molecule has 1 rings (SSSR count). The van der Waals surface area contributed by atoms with Gasteiger partial charge in [-0.05, 0) is 51.4 Å². The molecule has 0 aliphatic carbocycles. The maximum absolute atomic E-state index is 12.7. The summed E-state index contributed by atoms with van der Waals surface area (Å²) in [5, 5.41) is 0. The molecule has 1 aliphatic rings. The minimum Gasteiger partial charge on any atom is -0.457 e. The van der Waals surface area contributed by atoms with Crippen LogP contribution in [-0.2, 0) is 32.6 Å². The zero-order valence-corrected chi connectivity index (χ0v) is 36.0. The first-order chi connectivity index (χ1) is 26.1. The monoisotopic (exact) mass is 783 g/mol. The van der Waals surface area contributed by atoms with Crippen molar-refractivity contribution >= 4 is 13.8 Å². The highest BCUT2D eigenvalue weighted by Crippen LogP contribution is 2.43. The third-order valence-electron chi connectivity index (χ3n) is 9.31. The van der Waals surface area contributed by atoms with Gasteiger partial charge in [0.25, 0.3) is 0 Å². The van der Waals surface area contributed by atoms with Crippen LogP contribution in [0.25, 0.3) is 0 Å². The molecule has 0 radical (unpaired) electrons. The van der Waals surface area contributed by atoms with Gasteiger partial charge in [0.05, 0.1) is 46.6 Å². The fraction of sp³-hybridized carbons (Fsp3) is 0.795. The number of unbranched alkanes of at least 4 members (excludes halogenated alkanes) is 14. The molecule has 9 nitrogen and oxygen atoms in total. The average Bonchev–Trinajstić information content (AvgIpc) is 3.87. The molecule has 1 fully saturated rings. The number of nitrogens with zero attached hydrogens (tertiary/aromatic N) is 1. The molecule has 1 saturated heterocycles. The van der Waals surface area contributed by atoms with Gasteiger partial charge in [0.15, 0.2) is 0 Å². The smallest absolute Gasteiger partial charge is 0.457 e. The maximum Gasteiger partial charge on any atom is 0.472 e. The number of carbonyl (C=O) groups excluding carboxylic acids is 1. The number of quaternary nitrogens is 1. The highest BCUT2D eigenvalue weighted by Gasteiger charge is 2.36. The van der Waals surface area contributed by atoms with E-state index >= 15 is 0 Å². The molecule has 0 amide bonds. The van der Waals surface area contributed by atoms with Gasteiger partial charge in [0, 0.05) is 13.0 Å². The van der Waals surface area contributed by atoms with E-state index in [2.05, 4.69) is 62.5 Å². The molecule has 0 aromatic carbocycles. The van der Waals surface area contributed by atoms with Crippen molar-refractivity contribution in [3.05, 3.63) is 48.6 Å². The van der Waals surface area contributed by atoms with Crippen LogP contribution in [0.15, 0.2) is 48.6 Å². The molecule has 54 heavy (non-hydrogen) atoms. The highest BCUT2D eigenvalue weighted by atomic mass is 31.2. The van der Waals surface area contributed by atoms with E-state index in [1.807, 2.05) is 21.1 Å². The lowest BCUT2D eigenvalue weighted by Crippen LogP contribution is -2.37. The molecule has 10 heteroatoms. The van der Waals surface area contributed by atoms with Gasteiger partial charge in [-0.2, -0.15) is 0 Å². The summed E-state index contributed by atoms with van der Waals surface area (Å²) in [4.78, 5) is 22.8. The first kappa shape index (κ1) is 50.4.